The molecule has 11 heavy (non-hydrogen) atoms. The summed E-state index contributed by atoms with van der Waals surface area (Å²) in [5, 5.41) is 17.4. The Bertz CT molecular complexity index is 311. The van der Waals surface area contributed by atoms with Gasteiger partial charge < -0.3 is 15.0 Å². The summed E-state index contributed by atoms with van der Waals surface area (Å²) in [6.07, 6.45) is 1.25. The first kappa shape index (κ1) is 8.51. The SMILES string of the molecule is O=c1cc(Br)c(B(O)O)c[nH]1. The molecule has 3 N–H and O–H groups in total. The second kappa shape index (κ2) is 3.21. The number of nitrogens with one attached hydrogen (secondary N) is 1. The van der Waals surface area contributed by atoms with Gasteiger partial charge in [0.25, 0.3) is 0 Å². The van der Waals surface area contributed by atoms with Gasteiger partial charge in [-0.15, -0.1) is 0 Å². The van der Waals surface area contributed by atoms with Crippen molar-refractivity contribution >= 4 is 28.5 Å². The summed E-state index contributed by atoms with van der Waals surface area (Å²) in [5.41, 5.74) is -0.0501. The summed E-state index contributed by atoms with van der Waals surface area (Å²) in [7, 11) is -1.57. The summed E-state index contributed by atoms with van der Waals surface area (Å²) in [5.74, 6) is 0. The van der Waals surface area contributed by atoms with Crippen LogP contribution in [-0.4, -0.2) is 22.2 Å². The topological polar surface area (TPSA) is 73.3 Å². The van der Waals surface area contributed by atoms with Crippen molar-refractivity contribution in [2.75, 3.05) is 0 Å². The van der Waals surface area contributed by atoms with Crippen molar-refractivity contribution in [3.05, 3.63) is 27.1 Å². The van der Waals surface area contributed by atoms with Crippen molar-refractivity contribution in [1.29, 1.82) is 0 Å². The molecule has 0 aromatic carbocycles. The molecule has 0 aliphatic rings. The van der Waals surface area contributed by atoms with Crippen molar-refractivity contribution in [1.82, 2.24) is 4.98 Å². The molecule has 0 fully saturated rings. The number of rotatable bonds is 1. The van der Waals surface area contributed by atoms with E-state index in [1.165, 1.54) is 12.3 Å². The Labute approximate surface area is 71.2 Å². The maximum absolute atomic E-state index is 10.6. The highest BCUT2D eigenvalue weighted by Crippen LogP contribution is 2.00. The fraction of sp³-hybridized carbons (Fsp3) is 0. The van der Waals surface area contributed by atoms with Gasteiger partial charge in [0.2, 0.25) is 5.56 Å². The van der Waals surface area contributed by atoms with Gasteiger partial charge in [-0.2, -0.15) is 0 Å². The van der Waals surface area contributed by atoms with E-state index >= 15 is 0 Å². The van der Waals surface area contributed by atoms with Crippen LogP contribution in [0.1, 0.15) is 0 Å². The quantitative estimate of drug-likeness (QED) is 0.519. The standard InChI is InChI=1S/C5H5BBrNO3/c7-4-1-5(9)8-2-3(4)6(10)11/h1-2,10-11H,(H,8,9). The van der Waals surface area contributed by atoms with E-state index in [1.54, 1.807) is 0 Å². The molecule has 1 aromatic heterocycles. The Hall–Kier alpha value is -0.585. The molecule has 0 atom stereocenters. The fourth-order valence-electron chi connectivity index (χ4n) is 0.656. The molecule has 0 saturated heterocycles. The number of hydrogen-bond acceptors (Lipinski definition) is 3. The van der Waals surface area contributed by atoms with E-state index in [2.05, 4.69) is 20.9 Å². The van der Waals surface area contributed by atoms with Crippen LogP contribution in [0.15, 0.2) is 21.5 Å². The molecule has 6 heteroatoms. The van der Waals surface area contributed by atoms with Gasteiger partial charge in [-0.25, -0.2) is 0 Å². The minimum atomic E-state index is -1.57. The summed E-state index contributed by atoms with van der Waals surface area (Å²) >= 11 is 3.01. The van der Waals surface area contributed by atoms with E-state index in [-0.39, 0.29) is 11.0 Å². The molecule has 0 spiro atoms. The third kappa shape index (κ3) is 1.92. The Kier molecular flexibility index (Phi) is 2.48. The van der Waals surface area contributed by atoms with Gasteiger partial charge in [0.15, 0.2) is 0 Å². The van der Waals surface area contributed by atoms with Crippen molar-refractivity contribution in [3.8, 4) is 0 Å². The van der Waals surface area contributed by atoms with Gasteiger partial charge in [0.05, 0.1) is 0 Å². The summed E-state index contributed by atoms with van der Waals surface area (Å²) in [4.78, 5) is 12.9. The van der Waals surface area contributed by atoms with Crippen LogP contribution >= 0.6 is 15.9 Å². The highest BCUT2D eigenvalue weighted by Gasteiger charge is 2.14. The smallest absolute Gasteiger partial charge is 0.423 e. The minimum Gasteiger partial charge on any atom is -0.423 e. The molecular formula is C5H5BBrNO3. The summed E-state index contributed by atoms with van der Waals surface area (Å²) in [6.45, 7) is 0. The molecule has 0 aliphatic carbocycles. The summed E-state index contributed by atoms with van der Waals surface area (Å²) < 4.78 is 0.385. The highest BCUT2D eigenvalue weighted by molar-refractivity contribution is 9.10. The second-order valence-electron chi connectivity index (χ2n) is 1.97. The van der Waals surface area contributed by atoms with E-state index in [4.69, 9.17) is 10.0 Å². The zero-order chi connectivity index (χ0) is 8.43. The predicted molar refractivity (Wildman–Crippen MR) is 44.6 cm³/mol. The van der Waals surface area contributed by atoms with Crippen molar-refractivity contribution in [2.45, 2.75) is 0 Å². The first-order valence-corrected chi connectivity index (χ1v) is 3.65. The van der Waals surface area contributed by atoms with Crippen LogP contribution in [0, 0.1) is 0 Å². The number of aromatic nitrogens is 1. The average Bonchev–Trinajstić information content (AvgIpc) is 1.85. The lowest BCUT2D eigenvalue weighted by Gasteiger charge is -1.99. The molecule has 58 valence electrons. The van der Waals surface area contributed by atoms with Crippen molar-refractivity contribution < 1.29 is 10.0 Å². The predicted octanol–water partition coefficient (Wildman–Crippen LogP) is -1.18. The Morgan fingerprint density at radius 2 is 2.18 bits per heavy atom. The van der Waals surface area contributed by atoms with Crippen LogP contribution in [0.3, 0.4) is 0 Å². The maximum atomic E-state index is 10.6. The third-order valence-electron chi connectivity index (χ3n) is 1.18. The lowest BCUT2D eigenvalue weighted by atomic mass is 9.82. The number of aromatic amines is 1. The lowest BCUT2D eigenvalue weighted by Crippen LogP contribution is -2.33. The van der Waals surface area contributed by atoms with Gasteiger partial charge in [0.1, 0.15) is 0 Å². The van der Waals surface area contributed by atoms with Gasteiger partial charge >= 0.3 is 7.12 Å². The minimum absolute atomic E-state index is 0.240. The molecule has 0 amide bonds. The number of halogens is 1. The molecule has 0 bridgehead atoms. The van der Waals surface area contributed by atoms with E-state index < -0.39 is 7.12 Å². The Morgan fingerprint density at radius 3 is 2.64 bits per heavy atom. The zero-order valence-corrected chi connectivity index (χ0v) is 7.00. The van der Waals surface area contributed by atoms with E-state index in [9.17, 15) is 4.79 Å². The Morgan fingerprint density at radius 1 is 1.55 bits per heavy atom. The van der Waals surface area contributed by atoms with Crippen LogP contribution in [0.25, 0.3) is 0 Å². The molecule has 0 radical (unpaired) electrons. The van der Waals surface area contributed by atoms with Crippen LogP contribution < -0.4 is 11.0 Å². The van der Waals surface area contributed by atoms with Gasteiger partial charge in [-0.3, -0.25) is 4.79 Å². The second-order valence-corrected chi connectivity index (χ2v) is 2.83. The first-order valence-electron chi connectivity index (χ1n) is 2.85. The number of hydrogen-bond donors (Lipinski definition) is 3. The molecule has 0 saturated carbocycles. The molecule has 1 heterocycles. The molecule has 1 aromatic rings. The molecule has 0 aliphatic heterocycles. The number of pyridine rings is 1. The van der Waals surface area contributed by atoms with Crippen LogP contribution in [0.2, 0.25) is 0 Å². The van der Waals surface area contributed by atoms with E-state index in [0.29, 0.717) is 4.47 Å². The average molecular weight is 218 g/mol. The van der Waals surface area contributed by atoms with Crippen LogP contribution in [-0.2, 0) is 0 Å². The molecule has 1 rings (SSSR count). The van der Waals surface area contributed by atoms with Crippen LogP contribution in [0.4, 0.5) is 0 Å². The third-order valence-corrected chi connectivity index (χ3v) is 1.87. The largest absolute Gasteiger partial charge is 0.491 e. The van der Waals surface area contributed by atoms with E-state index in [1.807, 2.05) is 0 Å². The maximum Gasteiger partial charge on any atom is 0.491 e. The van der Waals surface area contributed by atoms with E-state index in [0.717, 1.165) is 0 Å². The van der Waals surface area contributed by atoms with Gasteiger partial charge in [-0.1, -0.05) is 15.9 Å². The van der Waals surface area contributed by atoms with Crippen molar-refractivity contribution in [3.63, 3.8) is 0 Å². The Balaban J connectivity index is 3.20. The normalized spacial score (nSPS) is 9.73. The number of H-pyrrole nitrogens is 1. The summed E-state index contributed by atoms with van der Waals surface area (Å²) in [6, 6.07) is 1.23. The monoisotopic (exact) mass is 217 g/mol. The highest BCUT2D eigenvalue weighted by atomic mass is 79.9. The first-order chi connectivity index (χ1) is 5.11. The molecule has 0 unspecified atom stereocenters. The molecular weight excluding hydrogens is 213 g/mol. The zero-order valence-electron chi connectivity index (χ0n) is 5.41. The van der Waals surface area contributed by atoms with Crippen LogP contribution in [0.5, 0.6) is 0 Å². The molecule has 4 nitrogen and oxygen atoms in total. The van der Waals surface area contributed by atoms with Gasteiger partial charge in [0, 0.05) is 22.2 Å². The lowest BCUT2D eigenvalue weighted by molar-refractivity contribution is 0.425. The van der Waals surface area contributed by atoms with Gasteiger partial charge in [-0.05, 0) is 0 Å². The van der Waals surface area contributed by atoms with Crippen molar-refractivity contribution in [2.24, 2.45) is 0 Å². The fourth-order valence-corrected chi connectivity index (χ4v) is 1.18.